The molecule has 2 aromatic carbocycles. The van der Waals surface area contributed by atoms with Crippen molar-refractivity contribution in [2.24, 2.45) is 0 Å². The van der Waals surface area contributed by atoms with E-state index in [0.717, 1.165) is 12.1 Å². The molecule has 0 spiro atoms. The number of halogens is 3. The summed E-state index contributed by atoms with van der Waals surface area (Å²) in [4.78, 5) is 25.3. The predicted molar refractivity (Wildman–Crippen MR) is 104 cm³/mol. The van der Waals surface area contributed by atoms with Gasteiger partial charge in [0.15, 0.2) is 6.61 Å². The Kier molecular flexibility index (Phi) is 7.08. The fourth-order valence-corrected chi connectivity index (χ4v) is 2.32. The number of alkyl halides is 3. The number of hydrogen-bond acceptors (Lipinski definition) is 3. The standard InChI is InChI=1S/C20H22F3N3O3/c1-13(2)24-19(28)26(3)16-8-10-17(11-9-16)29-12-18(27)25-15-6-4-14(5-7-15)20(21,22)23/h4-11,13H,12H2,1-3H3,(H,24,28)(H,25,27). The highest BCUT2D eigenvalue weighted by Gasteiger charge is 2.29. The first-order valence-corrected chi connectivity index (χ1v) is 8.80. The van der Waals surface area contributed by atoms with Gasteiger partial charge in [-0.15, -0.1) is 0 Å². The lowest BCUT2D eigenvalue weighted by atomic mass is 10.2. The molecule has 0 unspecified atom stereocenters. The van der Waals surface area contributed by atoms with Gasteiger partial charge in [0.2, 0.25) is 0 Å². The third kappa shape index (κ3) is 6.70. The molecular formula is C20H22F3N3O3. The summed E-state index contributed by atoms with van der Waals surface area (Å²) in [6.45, 7) is 3.40. The Morgan fingerprint density at radius 3 is 2.14 bits per heavy atom. The largest absolute Gasteiger partial charge is 0.484 e. The van der Waals surface area contributed by atoms with Gasteiger partial charge in [0.05, 0.1) is 5.56 Å². The number of nitrogens with one attached hydrogen (secondary N) is 2. The molecule has 2 rings (SSSR count). The lowest BCUT2D eigenvalue weighted by Gasteiger charge is -2.20. The summed E-state index contributed by atoms with van der Waals surface area (Å²) in [5.41, 5.74) is 0.0864. The molecular weight excluding hydrogens is 387 g/mol. The molecule has 2 aromatic rings. The van der Waals surface area contributed by atoms with Crippen LogP contribution >= 0.6 is 0 Å². The van der Waals surface area contributed by atoms with E-state index in [1.165, 1.54) is 17.0 Å². The molecule has 0 fully saturated rings. The van der Waals surface area contributed by atoms with Crippen molar-refractivity contribution in [1.82, 2.24) is 5.32 Å². The Labute approximate surface area is 166 Å². The summed E-state index contributed by atoms with van der Waals surface area (Å²) in [5.74, 6) is -0.101. The molecule has 0 aliphatic carbocycles. The number of benzene rings is 2. The Morgan fingerprint density at radius 1 is 1.03 bits per heavy atom. The number of urea groups is 1. The minimum atomic E-state index is -4.43. The fourth-order valence-electron chi connectivity index (χ4n) is 2.32. The second kappa shape index (κ2) is 9.31. The van der Waals surface area contributed by atoms with Crippen molar-refractivity contribution in [2.45, 2.75) is 26.1 Å². The molecule has 0 radical (unpaired) electrons. The zero-order chi connectivity index (χ0) is 21.6. The number of nitrogens with zero attached hydrogens (tertiary/aromatic N) is 1. The molecule has 0 bridgehead atoms. The number of carbonyl (C=O) groups is 2. The topological polar surface area (TPSA) is 70.7 Å². The Balaban J connectivity index is 1.86. The molecule has 0 heterocycles. The van der Waals surface area contributed by atoms with E-state index in [0.29, 0.717) is 11.4 Å². The van der Waals surface area contributed by atoms with Crippen LogP contribution in [0.1, 0.15) is 19.4 Å². The number of amides is 3. The molecule has 156 valence electrons. The summed E-state index contributed by atoms with van der Waals surface area (Å²) >= 11 is 0. The Morgan fingerprint density at radius 2 is 1.62 bits per heavy atom. The van der Waals surface area contributed by atoms with Gasteiger partial charge in [0.25, 0.3) is 5.91 Å². The summed E-state index contributed by atoms with van der Waals surface area (Å²) in [6.07, 6.45) is -4.43. The Bertz CT molecular complexity index is 835. The van der Waals surface area contributed by atoms with E-state index in [2.05, 4.69) is 10.6 Å². The van der Waals surface area contributed by atoms with E-state index in [4.69, 9.17) is 4.74 Å². The van der Waals surface area contributed by atoms with E-state index < -0.39 is 17.6 Å². The van der Waals surface area contributed by atoms with E-state index in [1.54, 1.807) is 31.3 Å². The molecule has 0 atom stereocenters. The third-order valence-corrected chi connectivity index (χ3v) is 3.81. The average molecular weight is 409 g/mol. The van der Waals surface area contributed by atoms with Crippen LogP contribution < -0.4 is 20.3 Å². The second-order valence-corrected chi connectivity index (χ2v) is 6.57. The zero-order valence-electron chi connectivity index (χ0n) is 16.2. The molecule has 0 saturated carbocycles. The number of carbonyl (C=O) groups excluding carboxylic acids is 2. The lowest BCUT2D eigenvalue weighted by molar-refractivity contribution is -0.137. The molecule has 0 aliphatic rings. The van der Waals surface area contributed by atoms with Gasteiger partial charge < -0.3 is 15.4 Å². The number of hydrogen-bond donors (Lipinski definition) is 2. The maximum atomic E-state index is 12.5. The van der Waals surface area contributed by atoms with Crippen molar-refractivity contribution in [2.75, 3.05) is 23.9 Å². The first-order valence-electron chi connectivity index (χ1n) is 8.80. The SMILES string of the molecule is CC(C)NC(=O)N(C)c1ccc(OCC(=O)Nc2ccc(C(F)(F)F)cc2)cc1. The van der Waals surface area contributed by atoms with E-state index >= 15 is 0 Å². The maximum absolute atomic E-state index is 12.5. The number of anilines is 2. The Hall–Kier alpha value is -3.23. The monoisotopic (exact) mass is 409 g/mol. The average Bonchev–Trinajstić information content (AvgIpc) is 2.65. The maximum Gasteiger partial charge on any atom is 0.416 e. The number of rotatable bonds is 6. The quantitative estimate of drug-likeness (QED) is 0.748. The van der Waals surface area contributed by atoms with Crippen LogP contribution in [0.25, 0.3) is 0 Å². The molecule has 0 aromatic heterocycles. The van der Waals surface area contributed by atoms with Gasteiger partial charge in [-0.05, 0) is 62.4 Å². The fraction of sp³-hybridized carbons (Fsp3) is 0.300. The molecule has 0 aliphatic heterocycles. The van der Waals surface area contributed by atoms with Crippen LogP contribution in [0, 0.1) is 0 Å². The van der Waals surface area contributed by atoms with E-state index in [9.17, 15) is 22.8 Å². The van der Waals surface area contributed by atoms with Crippen LogP contribution in [0.4, 0.5) is 29.3 Å². The predicted octanol–water partition coefficient (Wildman–Crippen LogP) is 4.28. The molecule has 6 nitrogen and oxygen atoms in total. The summed E-state index contributed by atoms with van der Waals surface area (Å²) in [7, 11) is 1.63. The van der Waals surface area contributed by atoms with Crippen molar-refractivity contribution in [3.8, 4) is 5.75 Å². The van der Waals surface area contributed by atoms with Crippen molar-refractivity contribution >= 4 is 23.3 Å². The highest BCUT2D eigenvalue weighted by Crippen LogP contribution is 2.29. The first-order chi connectivity index (χ1) is 13.6. The highest BCUT2D eigenvalue weighted by atomic mass is 19.4. The van der Waals surface area contributed by atoms with Crippen LogP contribution in [0.2, 0.25) is 0 Å². The van der Waals surface area contributed by atoms with Gasteiger partial charge in [0.1, 0.15) is 5.75 Å². The summed E-state index contributed by atoms with van der Waals surface area (Å²) < 4.78 is 43.0. The van der Waals surface area contributed by atoms with E-state index in [1.807, 2.05) is 13.8 Å². The van der Waals surface area contributed by atoms with Crippen molar-refractivity contribution in [3.63, 3.8) is 0 Å². The molecule has 29 heavy (non-hydrogen) atoms. The van der Waals surface area contributed by atoms with E-state index in [-0.39, 0.29) is 24.4 Å². The molecule has 9 heteroatoms. The van der Waals surface area contributed by atoms with Gasteiger partial charge >= 0.3 is 12.2 Å². The smallest absolute Gasteiger partial charge is 0.416 e. The van der Waals surface area contributed by atoms with Gasteiger partial charge in [-0.3, -0.25) is 9.69 Å². The van der Waals surface area contributed by atoms with Crippen LogP contribution in [-0.4, -0.2) is 31.6 Å². The summed E-state index contributed by atoms with van der Waals surface area (Å²) in [5, 5.41) is 5.23. The van der Waals surface area contributed by atoms with Crippen LogP contribution in [0.3, 0.4) is 0 Å². The zero-order valence-corrected chi connectivity index (χ0v) is 16.2. The van der Waals surface area contributed by atoms with Gasteiger partial charge in [-0.1, -0.05) is 0 Å². The highest BCUT2D eigenvalue weighted by molar-refractivity contribution is 5.92. The summed E-state index contributed by atoms with van der Waals surface area (Å²) in [6, 6.07) is 10.5. The second-order valence-electron chi connectivity index (χ2n) is 6.57. The normalized spacial score (nSPS) is 11.1. The number of ether oxygens (including phenoxy) is 1. The van der Waals surface area contributed by atoms with Crippen molar-refractivity contribution < 1.29 is 27.5 Å². The van der Waals surface area contributed by atoms with Gasteiger partial charge in [-0.25, -0.2) is 4.79 Å². The minimum absolute atomic E-state index is 0.00994. The molecule has 2 N–H and O–H groups in total. The van der Waals surface area contributed by atoms with Gasteiger partial charge in [-0.2, -0.15) is 13.2 Å². The van der Waals surface area contributed by atoms with Crippen LogP contribution in [-0.2, 0) is 11.0 Å². The lowest BCUT2D eigenvalue weighted by Crippen LogP contribution is -2.40. The molecule has 3 amide bonds. The minimum Gasteiger partial charge on any atom is -0.484 e. The van der Waals surface area contributed by atoms with Crippen molar-refractivity contribution in [3.05, 3.63) is 54.1 Å². The van der Waals surface area contributed by atoms with Gasteiger partial charge in [0, 0.05) is 24.5 Å². The van der Waals surface area contributed by atoms with Crippen molar-refractivity contribution in [1.29, 1.82) is 0 Å². The van der Waals surface area contributed by atoms with Crippen LogP contribution in [0.5, 0.6) is 5.75 Å². The first kappa shape index (κ1) is 22.1. The van der Waals surface area contributed by atoms with Crippen LogP contribution in [0.15, 0.2) is 48.5 Å². The molecule has 0 saturated heterocycles. The third-order valence-electron chi connectivity index (χ3n) is 3.81.